The van der Waals surface area contributed by atoms with Gasteiger partial charge in [-0.25, -0.2) is 0 Å². The molecule has 1 aliphatic heterocycles. The molecule has 3 N–H and O–H groups in total. The van der Waals surface area contributed by atoms with E-state index in [4.69, 9.17) is 11.6 Å². The number of aliphatic hydroxyl groups is 2. The van der Waals surface area contributed by atoms with E-state index in [-0.39, 0.29) is 35.2 Å². The maximum atomic E-state index is 11.9. The lowest BCUT2D eigenvalue weighted by Crippen LogP contribution is -2.49. The van der Waals surface area contributed by atoms with Crippen molar-refractivity contribution in [2.75, 3.05) is 6.54 Å². The van der Waals surface area contributed by atoms with Crippen molar-refractivity contribution in [3.63, 3.8) is 0 Å². The van der Waals surface area contributed by atoms with Crippen LogP contribution in [0.5, 0.6) is 0 Å². The van der Waals surface area contributed by atoms with Crippen LogP contribution in [0.1, 0.15) is 39.0 Å². The van der Waals surface area contributed by atoms with Gasteiger partial charge in [0.1, 0.15) is 6.29 Å². The average Bonchev–Trinajstić information content (AvgIpc) is 2.78. The lowest BCUT2D eigenvalue weighted by Gasteiger charge is -2.50. The molecule has 168 valence electrons. The van der Waals surface area contributed by atoms with Gasteiger partial charge in [-0.05, 0) is 73.7 Å². The second-order valence-corrected chi connectivity index (χ2v) is 10.1. The lowest BCUT2D eigenvalue weighted by atomic mass is 9.56. The van der Waals surface area contributed by atoms with Crippen LogP contribution in [-0.2, 0) is 4.79 Å². The highest BCUT2D eigenvalue weighted by Crippen LogP contribution is 2.50. The number of nitrogens with one attached hydrogen (secondary N) is 1. The normalized spacial score (nSPS) is 39.1. The molecule has 31 heavy (non-hydrogen) atoms. The van der Waals surface area contributed by atoms with E-state index in [1.807, 2.05) is 0 Å². The Kier molecular flexibility index (Phi) is 7.20. The highest BCUT2D eigenvalue weighted by atomic mass is 35.5. The summed E-state index contributed by atoms with van der Waals surface area (Å²) in [4.78, 5) is 11.9. The van der Waals surface area contributed by atoms with Gasteiger partial charge in [0.2, 0.25) is 0 Å². The molecular formula is C26H34ClNO3. The first-order valence-corrected chi connectivity index (χ1v) is 12.1. The van der Waals surface area contributed by atoms with E-state index in [1.165, 1.54) is 11.1 Å². The number of carbonyl (C=O) groups excluding carboxylic acids is 1. The van der Waals surface area contributed by atoms with Crippen molar-refractivity contribution >= 4 is 17.9 Å². The molecule has 4 rings (SSSR count). The Labute approximate surface area is 190 Å². The molecule has 8 atom stereocenters. The van der Waals surface area contributed by atoms with Crippen LogP contribution in [0.2, 0.25) is 0 Å². The minimum absolute atomic E-state index is 0.0208. The Morgan fingerprint density at radius 1 is 1.23 bits per heavy atom. The molecule has 4 nitrogen and oxygen atoms in total. The first-order valence-electron chi connectivity index (χ1n) is 11.6. The van der Waals surface area contributed by atoms with Crippen molar-refractivity contribution in [1.29, 1.82) is 0 Å². The molecule has 0 saturated heterocycles. The number of allylic oxidation sites excluding steroid dienone is 7. The third-order valence-corrected chi connectivity index (χ3v) is 8.11. The smallest absolute Gasteiger partial charge is 0.123 e. The fraction of sp³-hybridized carbons (Fsp3) is 0.577. The van der Waals surface area contributed by atoms with Gasteiger partial charge in [-0.3, -0.25) is 0 Å². The van der Waals surface area contributed by atoms with Gasteiger partial charge in [0, 0.05) is 24.1 Å². The predicted octanol–water partition coefficient (Wildman–Crippen LogP) is 4.06. The van der Waals surface area contributed by atoms with Gasteiger partial charge >= 0.3 is 0 Å². The number of aliphatic hydroxyl groups excluding tert-OH is 2. The summed E-state index contributed by atoms with van der Waals surface area (Å²) < 4.78 is 0. The molecule has 2 saturated carbocycles. The van der Waals surface area contributed by atoms with Gasteiger partial charge in [-0.1, -0.05) is 36.8 Å². The average molecular weight is 444 g/mol. The second kappa shape index (κ2) is 9.89. The van der Waals surface area contributed by atoms with E-state index in [0.717, 1.165) is 44.2 Å². The van der Waals surface area contributed by atoms with E-state index in [0.29, 0.717) is 12.3 Å². The van der Waals surface area contributed by atoms with E-state index < -0.39 is 6.10 Å². The summed E-state index contributed by atoms with van der Waals surface area (Å²) in [6.07, 6.45) is 19.2. The molecule has 0 aromatic rings. The number of dihydropyridines is 1. The largest absolute Gasteiger partial charge is 0.393 e. The highest BCUT2D eigenvalue weighted by Gasteiger charge is 2.48. The van der Waals surface area contributed by atoms with E-state index in [1.54, 1.807) is 6.92 Å². The molecule has 0 aromatic heterocycles. The van der Waals surface area contributed by atoms with Gasteiger partial charge in [-0.15, -0.1) is 11.6 Å². The van der Waals surface area contributed by atoms with Gasteiger partial charge in [0.15, 0.2) is 0 Å². The molecular weight excluding hydrogens is 410 g/mol. The van der Waals surface area contributed by atoms with Crippen LogP contribution < -0.4 is 5.32 Å². The Morgan fingerprint density at radius 2 is 2.06 bits per heavy atom. The SMILES string of the molecule is C[C@@H](O)[C@@H]1[C@H](C=O)C[C@H]2C(CCC[C@@H]2O)[C@@H]1/C=C/C1=CC=C(C2=CC=CCC2Cl)CN1. The topological polar surface area (TPSA) is 69.6 Å². The standard InChI is InChI=1S/C26H34ClNO3/c1-16(30)26-18(15-29)13-23-21(6-4-8-25(23)31)22(26)12-11-19-10-9-17(14-28-19)20-5-2-3-7-24(20)27/h2-3,5,9-12,15-16,18,21-26,28,30-31H,4,6-8,13-14H2,1H3/b12-11+/t16-,18+,21?,22+,23+,24?,25+,26-/m1/s1. The molecule has 0 amide bonds. The zero-order valence-electron chi connectivity index (χ0n) is 18.2. The third-order valence-electron chi connectivity index (χ3n) is 7.70. The van der Waals surface area contributed by atoms with Crippen molar-refractivity contribution in [3.05, 3.63) is 59.4 Å². The number of rotatable bonds is 5. The van der Waals surface area contributed by atoms with Crippen molar-refractivity contribution in [2.24, 2.45) is 29.6 Å². The number of alkyl halides is 1. The maximum Gasteiger partial charge on any atom is 0.123 e. The Morgan fingerprint density at radius 3 is 2.74 bits per heavy atom. The van der Waals surface area contributed by atoms with Crippen molar-refractivity contribution < 1.29 is 15.0 Å². The maximum absolute atomic E-state index is 11.9. The summed E-state index contributed by atoms with van der Waals surface area (Å²) in [5, 5.41) is 24.6. The molecule has 0 aromatic carbocycles. The number of aldehydes is 1. The first-order chi connectivity index (χ1) is 15.0. The minimum Gasteiger partial charge on any atom is -0.393 e. The quantitative estimate of drug-likeness (QED) is 0.442. The van der Waals surface area contributed by atoms with Crippen molar-refractivity contribution in [3.8, 4) is 0 Å². The molecule has 5 heteroatoms. The van der Waals surface area contributed by atoms with Crippen LogP contribution in [0.4, 0.5) is 0 Å². The number of hydrogen-bond acceptors (Lipinski definition) is 4. The molecule has 4 aliphatic rings. The monoisotopic (exact) mass is 443 g/mol. The summed E-state index contributed by atoms with van der Waals surface area (Å²) in [6, 6.07) is 0. The summed E-state index contributed by atoms with van der Waals surface area (Å²) in [5.41, 5.74) is 3.40. The highest BCUT2D eigenvalue weighted by molar-refractivity contribution is 6.23. The fourth-order valence-corrected chi connectivity index (χ4v) is 6.48. The number of fused-ring (bicyclic) bond motifs is 1. The number of hydrogen-bond donors (Lipinski definition) is 3. The van der Waals surface area contributed by atoms with Crippen LogP contribution >= 0.6 is 11.6 Å². The van der Waals surface area contributed by atoms with Crippen LogP contribution in [0.15, 0.2) is 59.4 Å². The van der Waals surface area contributed by atoms with E-state index in [9.17, 15) is 15.0 Å². The van der Waals surface area contributed by atoms with Crippen LogP contribution in [0, 0.1) is 29.6 Å². The summed E-state index contributed by atoms with van der Waals surface area (Å²) >= 11 is 6.47. The molecule has 2 unspecified atom stereocenters. The zero-order chi connectivity index (χ0) is 22.0. The predicted molar refractivity (Wildman–Crippen MR) is 124 cm³/mol. The van der Waals surface area contributed by atoms with Crippen molar-refractivity contribution in [1.82, 2.24) is 5.32 Å². The number of halogens is 1. The molecule has 1 heterocycles. The van der Waals surface area contributed by atoms with E-state index >= 15 is 0 Å². The Balaban J connectivity index is 1.56. The molecule has 0 bridgehead atoms. The van der Waals surface area contributed by atoms with Crippen LogP contribution in [-0.4, -0.2) is 40.6 Å². The Hall–Kier alpha value is -1.62. The van der Waals surface area contributed by atoms with Gasteiger partial charge in [0.05, 0.1) is 17.6 Å². The Bertz CT molecular complexity index is 825. The minimum atomic E-state index is -0.559. The zero-order valence-corrected chi connectivity index (χ0v) is 18.9. The molecule has 2 fully saturated rings. The molecule has 3 aliphatic carbocycles. The van der Waals surface area contributed by atoms with Gasteiger partial charge in [0.25, 0.3) is 0 Å². The fourth-order valence-electron chi connectivity index (χ4n) is 6.17. The first kappa shape index (κ1) is 22.6. The van der Waals surface area contributed by atoms with Crippen LogP contribution in [0.25, 0.3) is 0 Å². The van der Waals surface area contributed by atoms with Gasteiger partial charge in [-0.2, -0.15) is 0 Å². The van der Waals surface area contributed by atoms with Gasteiger partial charge < -0.3 is 20.3 Å². The molecule has 0 radical (unpaired) electrons. The van der Waals surface area contributed by atoms with E-state index in [2.05, 4.69) is 47.8 Å². The summed E-state index contributed by atoms with van der Waals surface area (Å²) in [7, 11) is 0. The summed E-state index contributed by atoms with van der Waals surface area (Å²) in [6.45, 7) is 2.52. The summed E-state index contributed by atoms with van der Waals surface area (Å²) in [5.74, 6) is 0.209. The van der Waals surface area contributed by atoms with Crippen molar-refractivity contribution in [2.45, 2.75) is 56.6 Å². The third kappa shape index (κ3) is 4.76. The van der Waals surface area contributed by atoms with Crippen LogP contribution in [0.3, 0.4) is 0 Å². The molecule has 0 spiro atoms. The second-order valence-electron chi connectivity index (χ2n) is 9.54. The lowest BCUT2D eigenvalue weighted by molar-refractivity contribution is -0.124. The number of carbonyl (C=O) groups is 1.